The van der Waals surface area contributed by atoms with E-state index in [0.29, 0.717) is 11.6 Å². The van der Waals surface area contributed by atoms with Crippen molar-refractivity contribution in [1.82, 2.24) is 9.99 Å². The standard InChI is InChI=1S/C15H17N3O2/c1-11(2)18-7-6-12(10-18)9-16-17-15(20)13-4-3-5-14(19)8-13/h3-11,19H,1-2H3,(H,17,20)/b16-9+. The second-order valence-corrected chi connectivity index (χ2v) is 4.74. The van der Waals surface area contributed by atoms with Crippen LogP contribution >= 0.6 is 0 Å². The first kappa shape index (κ1) is 13.9. The van der Waals surface area contributed by atoms with Crippen LogP contribution in [-0.2, 0) is 0 Å². The number of amides is 1. The number of rotatable bonds is 4. The lowest BCUT2D eigenvalue weighted by atomic mass is 10.2. The van der Waals surface area contributed by atoms with Crippen LogP contribution in [-0.4, -0.2) is 21.8 Å². The van der Waals surface area contributed by atoms with Gasteiger partial charge in [-0.2, -0.15) is 5.10 Å². The van der Waals surface area contributed by atoms with E-state index in [1.807, 2.05) is 18.5 Å². The number of aromatic hydroxyl groups is 1. The number of hydrazone groups is 1. The molecule has 20 heavy (non-hydrogen) atoms. The van der Waals surface area contributed by atoms with E-state index in [0.717, 1.165) is 5.56 Å². The molecule has 1 amide bonds. The van der Waals surface area contributed by atoms with Crippen molar-refractivity contribution in [2.75, 3.05) is 0 Å². The van der Waals surface area contributed by atoms with Gasteiger partial charge in [0.15, 0.2) is 0 Å². The molecule has 0 atom stereocenters. The fraction of sp³-hybridized carbons (Fsp3) is 0.200. The number of benzene rings is 1. The minimum absolute atomic E-state index is 0.0515. The average Bonchev–Trinajstić information content (AvgIpc) is 2.87. The highest BCUT2D eigenvalue weighted by atomic mass is 16.3. The minimum Gasteiger partial charge on any atom is -0.508 e. The average molecular weight is 271 g/mol. The topological polar surface area (TPSA) is 66.6 Å². The quantitative estimate of drug-likeness (QED) is 0.663. The third-order valence-electron chi connectivity index (χ3n) is 2.82. The molecule has 5 heteroatoms. The summed E-state index contributed by atoms with van der Waals surface area (Å²) in [4.78, 5) is 11.8. The van der Waals surface area contributed by atoms with E-state index in [-0.39, 0.29) is 11.7 Å². The van der Waals surface area contributed by atoms with Crippen LogP contribution in [0.1, 0.15) is 35.8 Å². The van der Waals surface area contributed by atoms with Crippen molar-refractivity contribution < 1.29 is 9.90 Å². The van der Waals surface area contributed by atoms with Gasteiger partial charge in [0, 0.05) is 29.6 Å². The minimum atomic E-state index is -0.361. The molecule has 0 radical (unpaired) electrons. The lowest BCUT2D eigenvalue weighted by molar-refractivity contribution is 0.0954. The third kappa shape index (κ3) is 3.47. The van der Waals surface area contributed by atoms with Crippen molar-refractivity contribution in [3.63, 3.8) is 0 Å². The number of phenolic OH excluding ortho intramolecular Hbond substituents is 1. The predicted octanol–water partition coefficient (Wildman–Crippen LogP) is 2.54. The molecule has 1 aromatic heterocycles. The van der Waals surface area contributed by atoms with Crippen LogP contribution in [0.3, 0.4) is 0 Å². The maximum atomic E-state index is 11.8. The summed E-state index contributed by atoms with van der Waals surface area (Å²) in [5.74, 6) is -0.309. The van der Waals surface area contributed by atoms with Gasteiger partial charge < -0.3 is 9.67 Å². The zero-order valence-electron chi connectivity index (χ0n) is 11.4. The SMILES string of the molecule is CC(C)n1ccc(/C=N/NC(=O)c2cccc(O)c2)c1. The summed E-state index contributed by atoms with van der Waals surface area (Å²) in [6, 6.07) is 8.42. The Bertz CT molecular complexity index is 630. The molecule has 0 bridgehead atoms. The first-order chi connectivity index (χ1) is 9.56. The van der Waals surface area contributed by atoms with Gasteiger partial charge in [0.2, 0.25) is 0 Å². The largest absolute Gasteiger partial charge is 0.508 e. The van der Waals surface area contributed by atoms with Gasteiger partial charge in [-0.3, -0.25) is 4.79 Å². The number of hydrogen-bond donors (Lipinski definition) is 2. The number of carbonyl (C=O) groups excluding carboxylic acids is 1. The molecule has 0 aliphatic rings. The smallest absolute Gasteiger partial charge is 0.271 e. The zero-order chi connectivity index (χ0) is 14.5. The highest BCUT2D eigenvalue weighted by Gasteiger charge is 2.04. The maximum Gasteiger partial charge on any atom is 0.271 e. The summed E-state index contributed by atoms with van der Waals surface area (Å²) in [7, 11) is 0. The molecule has 0 saturated carbocycles. The molecule has 0 spiro atoms. The van der Waals surface area contributed by atoms with Gasteiger partial charge in [-0.25, -0.2) is 5.43 Å². The van der Waals surface area contributed by atoms with Crippen LogP contribution in [0.5, 0.6) is 5.75 Å². The molecule has 104 valence electrons. The Morgan fingerprint density at radius 1 is 1.40 bits per heavy atom. The number of hydrogen-bond acceptors (Lipinski definition) is 3. The summed E-state index contributed by atoms with van der Waals surface area (Å²) >= 11 is 0. The molecule has 1 aromatic carbocycles. The highest BCUT2D eigenvalue weighted by Crippen LogP contribution is 2.10. The van der Waals surface area contributed by atoms with Crippen molar-refractivity contribution in [2.24, 2.45) is 5.10 Å². The van der Waals surface area contributed by atoms with Crippen molar-refractivity contribution in [3.05, 3.63) is 53.9 Å². The molecule has 1 heterocycles. The van der Waals surface area contributed by atoms with E-state index in [4.69, 9.17) is 0 Å². The summed E-state index contributed by atoms with van der Waals surface area (Å²) in [6.45, 7) is 4.18. The second kappa shape index (κ2) is 6.06. The molecule has 2 N–H and O–H groups in total. The monoisotopic (exact) mass is 271 g/mol. The van der Waals surface area contributed by atoms with Crippen LogP contribution in [0.25, 0.3) is 0 Å². The van der Waals surface area contributed by atoms with Gasteiger partial charge in [0.25, 0.3) is 5.91 Å². The number of aromatic nitrogens is 1. The Labute approximate surface area is 117 Å². The van der Waals surface area contributed by atoms with Gasteiger partial charge in [0.05, 0.1) is 6.21 Å². The van der Waals surface area contributed by atoms with Crippen molar-refractivity contribution in [3.8, 4) is 5.75 Å². The normalized spacial score (nSPS) is 11.2. The van der Waals surface area contributed by atoms with Gasteiger partial charge in [0.1, 0.15) is 5.75 Å². The van der Waals surface area contributed by atoms with E-state index >= 15 is 0 Å². The Hall–Kier alpha value is -2.56. The van der Waals surface area contributed by atoms with Crippen molar-refractivity contribution in [2.45, 2.75) is 19.9 Å². The van der Waals surface area contributed by atoms with E-state index < -0.39 is 0 Å². The lowest BCUT2D eigenvalue weighted by Crippen LogP contribution is -2.17. The zero-order valence-corrected chi connectivity index (χ0v) is 11.4. The Balaban J connectivity index is 1.97. The van der Waals surface area contributed by atoms with E-state index in [1.165, 1.54) is 12.1 Å². The highest BCUT2D eigenvalue weighted by molar-refractivity contribution is 5.95. The maximum absolute atomic E-state index is 11.8. The molecule has 2 aromatic rings. The van der Waals surface area contributed by atoms with Crippen molar-refractivity contribution >= 4 is 12.1 Å². The molecule has 0 aliphatic heterocycles. The van der Waals surface area contributed by atoms with Crippen LogP contribution in [0.2, 0.25) is 0 Å². The summed E-state index contributed by atoms with van der Waals surface area (Å²) in [6.07, 6.45) is 5.50. The molecule has 0 saturated heterocycles. The molecule has 2 rings (SSSR count). The van der Waals surface area contributed by atoms with Gasteiger partial charge in [-0.1, -0.05) is 6.07 Å². The fourth-order valence-electron chi connectivity index (χ4n) is 1.71. The van der Waals surface area contributed by atoms with Gasteiger partial charge >= 0.3 is 0 Å². The van der Waals surface area contributed by atoms with E-state index in [9.17, 15) is 9.90 Å². The van der Waals surface area contributed by atoms with Crippen LogP contribution in [0, 0.1) is 0 Å². The van der Waals surface area contributed by atoms with Crippen LogP contribution < -0.4 is 5.43 Å². The van der Waals surface area contributed by atoms with Gasteiger partial charge in [-0.05, 0) is 38.1 Å². The Morgan fingerprint density at radius 3 is 2.85 bits per heavy atom. The number of phenols is 1. The number of nitrogens with zero attached hydrogens (tertiary/aromatic N) is 2. The second-order valence-electron chi connectivity index (χ2n) is 4.74. The summed E-state index contributed by atoms with van der Waals surface area (Å²) < 4.78 is 2.05. The lowest BCUT2D eigenvalue weighted by Gasteiger charge is -2.04. The predicted molar refractivity (Wildman–Crippen MR) is 78.0 cm³/mol. The molecule has 0 fully saturated rings. The van der Waals surface area contributed by atoms with E-state index in [2.05, 4.69) is 28.9 Å². The summed E-state index contributed by atoms with van der Waals surface area (Å²) in [5, 5.41) is 13.2. The third-order valence-corrected chi connectivity index (χ3v) is 2.82. The van der Waals surface area contributed by atoms with E-state index in [1.54, 1.807) is 18.3 Å². The Morgan fingerprint density at radius 2 is 2.20 bits per heavy atom. The van der Waals surface area contributed by atoms with Crippen molar-refractivity contribution in [1.29, 1.82) is 0 Å². The van der Waals surface area contributed by atoms with Crippen LogP contribution in [0.4, 0.5) is 0 Å². The molecule has 0 aliphatic carbocycles. The number of nitrogens with one attached hydrogen (secondary N) is 1. The molecular weight excluding hydrogens is 254 g/mol. The molecular formula is C15H17N3O2. The molecule has 5 nitrogen and oxygen atoms in total. The van der Waals surface area contributed by atoms with Crippen LogP contribution in [0.15, 0.2) is 47.8 Å². The summed E-state index contributed by atoms with van der Waals surface area (Å²) in [5.41, 5.74) is 3.70. The Kier molecular flexibility index (Phi) is 4.20. The van der Waals surface area contributed by atoms with Gasteiger partial charge in [-0.15, -0.1) is 0 Å². The molecule has 0 unspecified atom stereocenters. The first-order valence-corrected chi connectivity index (χ1v) is 6.36. The number of carbonyl (C=O) groups is 1. The fourth-order valence-corrected chi connectivity index (χ4v) is 1.71. The first-order valence-electron chi connectivity index (χ1n) is 6.36.